The van der Waals surface area contributed by atoms with Crippen LogP contribution in [-0.4, -0.2) is 23.0 Å². The van der Waals surface area contributed by atoms with E-state index in [1.807, 2.05) is 0 Å². The first kappa shape index (κ1) is 15.3. The maximum atomic E-state index is 12.5. The van der Waals surface area contributed by atoms with Gasteiger partial charge in [-0.3, -0.25) is 9.59 Å². The Labute approximate surface area is 121 Å². The molecule has 2 fully saturated rings. The number of amides is 1. The molecule has 0 radical (unpaired) electrons. The standard InChI is InChI=1S/C16H27NO3/c1-10-6-5-9-14(11(10)2)17-15(18)12-7-3-4-8-13(12)16(19)20/h10-14H,3-9H2,1-2H3,(H,17,18)(H,19,20)/t10-,11+,12-,13+,14+/m1/s1. The molecule has 0 aromatic heterocycles. The molecule has 1 amide bonds. The second kappa shape index (κ2) is 6.59. The summed E-state index contributed by atoms with van der Waals surface area (Å²) in [4.78, 5) is 23.8. The zero-order valence-electron chi connectivity index (χ0n) is 12.6. The van der Waals surface area contributed by atoms with Crippen LogP contribution >= 0.6 is 0 Å². The lowest BCUT2D eigenvalue weighted by atomic mass is 9.76. The second-order valence-corrected chi connectivity index (χ2v) is 6.72. The summed E-state index contributed by atoms with van der Waals surface area (Å²) in [6, 6.07) is 0.225. The zero-order chi connectivity index (χ0) is 14.7. The first-order valence-corrected chi connectivity index (χ1v) is 8.04. The molecule has 0 spiro atoms. The van der Waals surface area contributed by atoms with Crippen molar-refractivity contribution in [3.63, 3.8) is 0 Å². The molecular weight excluding hydrogens is 254 g/mol. The van der Waals surface area contributed by atoms with Gasteiger partial charge in [-0.15, -0.1) is 0 Å². The second-order valence-electron chi connectivity index (χ2n) is 6.72. The molecule has 2 saturated carbocycles. The van der Waals surface area contributed by atoms with Crippen molar-refractivity contribution >= 4 is 11.9 Å². The predicted octanol–water partition coefficient (Wildman–Crippen LogP) is 2.82. The van der Waals surface area contributed by atoms with Crippen LogP contribution in [0.2, 0.25) is 0 Å². The van der Waals surface area contributed by atoms with Gasteiger partial charge in [-0.25, -0.2) is 0 Å². The average Bonchev–Trinajstić information content (AvgIpc) is 2.43. The molecule has 2 aliphatic carbocycles. The lowest BCUT2D eigenvalue weighted by Crippen LogP contribution is -2.48. The van der Waals surface area contributed by atoms with E-state index in [0.29, 0.717) is 18.3 Å². The van der Waals surface area contributed by atoms with Crippen LogP contribution in [0.4, 0.5) is 0 Å². The molecule has 5 atom stereocenters. The van der Waals surface area contributed by atoms with Gasteiger partial charge in [0.25, 0.3) is 0 Å². The minimum absolute atomic E-state index is 0.0250. The third kappa shape index (κ3) is 3.33. The molecule has 2 rings (SSSR count). The van der Waals surface area contributed by atoms with Crippen LogP contribution in [-0.2, 0) is 9.59 Å². The van der Waals surface area contributed by atoms with Crippen LogP contribution < -0.4 is 5.32 Å². The number of hydrogen-bond acceptors (Lipinski definition) is 2. The summed E-state index contributed by atoms with van der Waals surface area (Å²) in [6.45, 7) is 4.44. The number of aliphatic carboxylic acids is 1. The molecule has 114 valence electrons. The van der Waals surface area contributed by atoms with Crippen LogP contribution in [0.1, 0.15) is 58.8 Å². The highest BCUT2D eigenvalue weighted by Crippen LogP contribution is 2.33. The summed E-state index contributed by atoms with van der Waals surface area (Å²) in [5.41, 5.74) is 0. The number of hydrogen-bond donors (Lipinski definition) is 2. The summed E-state index contributed by atoms with van der Waals surface area (Å²) in [5, 5.41) is 12.4. The molecule has 2 N–H and O–H groups in total. The lowest BCUT2D eigenvalue weighted by molar-refractivity contribution is -0.149. The fourth-order valence-corrected chi connectivity index (χ4v) is 3.82. The van der Waals surface area contributed by atoms with Gasteiger partial charge in [0.05, 0.1) is 11.8 Å². The fraction of sp³-hybridized carbons (Fsp3) is 0.875. The summed E-state index contributed by atoms with van der Waals surface area (Å²) < 4.78 is 0. The number of nitrogens with one attached hydrogen (secondary N) is 1. The first-order chi connectivity index (χ1) is 9.50. The number of carbonyl (C=O) groups is 2. The molecule has 0 aliphatic heterocycles. The number of carboxylic acids is 1. The molecular formula is C16H27NO3. The van der Waals surface area contributed by atoms with Gasteiger partial charge in [0, 0.05) is 6.04 Å². The van der Waals surface area contributed by atoms with Crippen molar-refractivity contribution in [1.82, 2.24) is 5.32 Å². The third-order valence-electron chi connectivity index (χ3n) is 5.45. The molecule has 0 heterocycles. The van der Waals surface area contributed by atoms with Gasteiger partial charge in [-0.05, 0) is 31.1 Å². The topological polar surface area (TPSA) is 66.4 Å². The van der Waals surface area contributed by atoms with Crippen LogP contribution in [0, 0.1) is 23.7 Å². The van der Waals surface area contributed by atoms with E-state index in [9.17, 15) is 14.7 Å². The molecule has 4 heteroatoms. The van der Waals surface area contributed by atoms with E-state index in [-0.39, 0.29) is 17.9 Å². The average molecular weight is 281 g/mol. The van der Waals surface area contributed by atoms with Crippen molar-refractivity contribution in [3.05, 3.63) is 0 Å². The smallest absolute Gasteiger partial charge is 0.307 e. The number of rotatable bonds is 3. The molecule has 2 aliphatic rings. The number of carbonyl (C=O) groups excluding carboxylic acids is 1. The van der Waals surface area contributed by atoms with Gasteiger partial charge in [0.1, 0.15) is 0 Å². The van der Waals surface area contributed by atoms with Gasteiger partial charge in [0.15, 0.2) is 0 Å². The Balaban J connectivity index is 1.97. The van der Waals surface area contributed by atoms with Gasteiger partial charge >= 0.3 is 5.97 Å². The van der Waals surface area contributed by atoms with E-state index in [1.54, 1.807) is 0 Å². The first-order valence-electron chi connectivity index (χ1n) is 8.04. The van der Waals surface area contributed by atoms with Gasteiger partial charge in [-0.2, -0.15) is 0 Å². The van der Waals surface area contributed by atoms with Crippen LogP contribution in [0.3, 0.4) is 0 Å². The van der Waals surface area contributed by atoms with Crippen molar-refractivity contribution in [3.8, 4) is 0 Å². The van der Waals surface area contributed by atoms with E-state index < -0.39 is 11.9 Å². The molecule has 0 unspecified atom stereocenters. The van der Waals surface area contributed by atoms with E-state index in [1.165, 1.54) is 6.42 Å². The van der Waals surface area contributed by atoms with E-state index in [2.05, 4.69) is 19.2 Å². The lowest BCUT2D eigenvalue weighted by Gasteiger charge is -2.36. The normalized spacial score (nSPS) is 38.2. The highest BCUT2D eigenvalue weighted by atomic mass is 16.4. The van der Waals surface area contributed by atoms with E-state index in [4.69, 9.17) is 0 Å². The highest BCUT2D eigenvalue weighted by molar-refractivity contribution is 5.85. The van der Waals surface area contributed by atoms with Crippen molar-refractivity contribution in [2.45, 2.75) is 64.8 Å². The Kier molecular flexibility index (Phi) is 5.06. The Hall–Kier alpha value is -1.06. The minimum Gasteiger partial charge on any atom is -0.481 e. The third-order valence-corrected chi connectivity index (χ3v) is 5.45. The SMILES string of the molecule is C[C@H]1[C@H](C)CCC[C@@H]1NC(=O)[C@@H]1CCCC[C@@H]1C(=O)O. The van der Waals surface area contributed by atoms with Crippen LogP contribution in [0.5, 0.6) is 0 Å². The largest absolute Gasteiger partial charge is 0.481 e. The van der Waals surface area contributed by atoms with Crippen LogP contribution in [0.15, 0.2) is 0 Å². The highest BCUT2D eigenvalue weighted by Gasteiger charge is 2.37. The fourth-order valence-electron chi connectivity index (χ4n) is 3.82. The summed E-state index contributed by atoms with van der Waals surface area (Å²) in [6.07, 6.45) is 6.68. The maximum absolute atomic E-state index is 12.5. The minimum atomic E-state index is -0.810. The van der Waals surface area contributed by atoms with Crippen molar-refractivity contribution in [1.29, 1.82) is 0 Å². The molecule has 0 aromatic rings. The van der Waals surface area contributed by atoms with E-state index >= 15 is 0 Å². The summed E-state index contributed by atoms with van der Waals surface area (Å²) in [7, 11) is 0. The van der Waals surface area contributed by atoms with Crippen molar-refractivity contribution in [2.75, 3.05) is 0 Å². The molecule has 0 bridgehead atoms. The molecule has 0 saturated heterocycles. The molecule has 20 heavy (non-hydrogen) atoms. The number of carboxylic acid groups (broad SMARTS) is 1. The Morgan fingerprint density at radius 1 is 0.950 bits per heavy atom. The zero-order valence-corrected chi connectivity index (χ0v) is 12.6. The Bertz CT molecular complexity index is 369. The predicted molar refractivity (Wildman–Crippen MR) is 77.2 cm³/mol. The van der Waals surface area contributed by atoms with E-state index in [0.717, 1.165) is 32.1 Å². The Morgan fingerprint density at radius 2 is 1.60 bits per heavy atom. The summed E-state index contributed by atoms with van der Waals surface area (Å²) in [5.74, 6) is -0.529. The summed E-state index contributed by atoms with van der Waals surface area (Å²) >= 11 is 0. The Morgan fingerprint density at radius 3 is 2.25 bits per heavy atom. The van der Waals surface area contributed by atoms with Gasteiger partial charge < -0.3 is 10.4 Å². The van der Waals surface area contributed by atoms with Gasteiger partial charge in [0.2, 0.25) is 5.91 Å². The maximum Gasteiger partial charge on any atom is 0.307 e. The monoisotopic (exact) mass is 281 g/mol. The quantitative estimate of drug-likeness (QED) is 0.836. The molecule has 0 aromatic carbocycles. The van der Waals surface area contributed by atoms with Gasteiger partial charge in [-0.1, -0.05) is 39.5 Å². The molecule has 4 nitrogen and oxygen atoms in total. The van der Waals surface area contributed by atoms with Crippen molar-refractivity contribution < 1.29 is 14.7 Å². The van der Waals surface area contributed by atoms with Crippen LogP contribution in [0.25, 0.3) is 0 Å². The van der Waals surface area contributed by atoms with Crippen molar-refractivity contribution in [2.24, 2.45) is 23.7 Å².